The van der Waals surface area contributed by atoms with E-state index in [-0.39, 0.29) is 5.56 Å². The number of aromatic nitrogens is 2. The number of hydrogen-bond acceptors (Lipinski definition) is 4. The lowest BCUT2D eigenvalue weighted by Gasteiger charge is -2.27. The molecule has 2 rings (SSSR count). The third kappa shape index (κ3) is 9.03. The fourth-order valence-electron chi connectivity index (χ4n) is 3.15. The fraction of sp³-hybridized carbons (Fsp3) is 0.462. The van der Waals surface area contributed by atoms with Gasteiger partial charge in [-0.05, 0) is 31.9 Å². The molecule has 5 nitrogen and oxygen atoms in total. The van der Waals surface area contributed by atoms with Crippen molar-refractivity contribution in [3.63, 3.8) is 0 Å². The standard InChI is InChI=1S/C22H30N4O.2C2H6/c1-5-8-9-12-18(4)26-21(17-25-15-13-23-14-16-25)24-20(11-7-3)19(10-6-2)22(26)27;2*1-2/h5-7,10-12,23H,1-3,8-9,13-17H2,4H3;2*1-2H3/b18-12+,19-10+,20-11+;;. The van der Waals surface area contributed by atoms with Crippen LogP contribution in [0.25, 0.3) is 17.8 Å². The molecule has 1 fully saturated rings. The Balaban J connectivity index is 0.00000212. The first-order valence-corrected chi connectivity index (χ1v) is 11.4. The SMILES string of the molecule is C=C/C=c1/nc(CN2CCNCC2)n(/C(C)=C/CCC=C)c(=O)/c1=C/C=C.CC.CC. The van der Waals surface area contributed by atoms with Crippen molar-refractivity contribution in [3.8, 4) is 0 Å². The molecule has 172 valence electrons. The zero-order chi connectivity index (χ0) is 23.6. The highest BCUT2D eigenvalue weighted by Crippen LogP contribution is 2.08. The van der Waals surface area contributed by atoms with Gasteiger partial charge in [-0.15, -0.1) is 6.58 Å². The minimum atomic E-state index is -0.0736. The van der Waals surface area contributed by atoms with Crippen LogP contribution in [0.5, 0.6) is 0 Å². The Hall–Kier alpha value is -2.50. The topological polar surface area (TPSA) is 50.2 Å². The first-order chi connectivity index (χ1) is 15.1. The Morgan fingerprint density at radius 2 is 1.65 bits per heavy atom. The van der Waals surface area contributed by atoms with E-state index in [1.807, 2.05) is 40.7 Å². The molecular weight excluding hydrogens is 384 g/mol. The Labute approximate surface area is 188 Å². The van der Waals surface area contributed by atoms with Crippen LogP contribution in [0.3, 0.4) is 0 Å². The molecule has 0 atom stereocenters. The molecule has 1 aliphatic heterocycles. The van der Waals surface area contributed by atoms with Crippen molar-refractivity contribution in [1.82, 2.24) is 19.8 Å². The maximum absolute atomic E-state index is 13.3. The third-order valence-electron chi connectivity index (χ3n) is 4.52. The Morgan fingerprint density at radius 3 is 2.19 bits per heavy atom. The van der Waals surface area contributed by atoms with E-state index in [1.165, 1.54) is 0 Å². The van der Waals surface area contributed by atoms with Gasteiger partial charge in [-0.2, -0.15) is 0 Å². The highest BCUT2D eigenvalue weighted by molar-refractivity contribution is 5.46. The third-order valence-corrected chi connectivity index (χ3v) is 4.52. The number of rotatable bonds is 8. The summed E-state index contributed by atoms with van der Waals surface area (Å²) in [7, 11) is 0. The van der Waals surface area contributed by atoms with Crippen LogP contribution in [0.2, 0.25) is 0 Å². The van der Waals surface area contributed by atoms with Crippen LogP contribution in [0, 0.1) is 0 Å². The van der Waals surface area contributed by atoms with Gasteiger partial charge in [0.2, 0.25) is 0 Å². The number of piperazine rings is 1. The number of unbranched alkanes of at least 4 members (excludes halogenated alkanes) is 1. The highest BCUT2D eigenvalue weighted by atomic mass is 16.1. The van der Waals surface area contributed by atoms with Crippen molar-refractivity contribution >= 4 is 17.8 Å². The maximum Gasteiger partial charge on any atom is 0.265 e. The van der Waals surface area contributed by atoms with Gasteiger partial charge in [0.05, 0.1) is 17.1 Å². The van der Waals surface area contributed by atoms with E-state index in [4.69, 9.17) is 4.98 Å². The van der Waals surface area contributed by atoms with Crippen LogP contribution >= 0.6 is 0 Å². The summed E-state index contributed by atoms with van der Waals surface area (Å²) in [5.74, 6) is 0.753. The summed E-state index contributed by atoms with van der Waals surface area (Å²) in [5, 5.41) is 4.52. The lowest BCUT2D eigenvalue weighted by Crippen LogP contribution is -2.50. The summed E-state index contributed by atoms with van der Waals surface area (Å²) in [6, 6.07) is 0. The lowest BCUT2D eigenvalue weighted by atomic mass is 10.2. The molecule has 5 heteroatoms. The van der Waals surface area contributed by atoms with Gasteiger partial charge >= 0.3 is 0 Å². The number of hydrogen-bond donors (Lipinski definition) is 1. The molecule has 1 N–H and O–H groups in total. The summed E-state index contributed by atoms with van der Waals surface area (Å²) < 4.78 is 1.74. The van der Waals surface area contributed by atoms with Gasteiger partial charge in [-0.3, -0.25) is 14.3 Å². The first kappa shape index (κ1) is 28.5. The second-order valence-corrected chi connectivity index (χ2v) is 6.51. The number of nitrogens with one attached hydrogen (secondary N) is 1. The molecular formula is C26H42N4O. The van der Waals surface area contributed by atoms with Gasteiger partial charge in [0, 0.05) is 31.9 Å². The van der Waals surface area contributed by atoms with E-state index in [9.17, 15) is 4.79 Å². The maximum atomic E-state index is 13.3. The van der Waals surface area contributed by atoms with Crippen LogP contribution < -0.4 is 21.4 Å². The fourth-order valence-corrected chi connectivity index (χ4v) is 3.15. The molecule has 31 heavy (non-hydrogen) atoms. The predicted octanol–water partition coefficient (Wildman–Crippen LogP) is 3.46. The summed E-state index contributed by atoms with van der Waals surface area (Å²) in [4.78, 5) is 20.4. The molecule has 1 aromatic heterocycles. The van der Waals surface area contributed by atoms with Gasteiger partial charge < -0.3 is 5.32 Å². The van der Waals surface area contributed by atoms with Crippen molar-refractivity contribution in [1.29, 1.82) is 0 Å². The van der Waals surface area contributed by atoms with Crippen LogP contribution in [-0.2, 0) is 6.54 Å². The van der Waals surface area contributed by atoms with Crippen molar-refractivity contribution < 1.29 is 0 Å². The minimum Gasteiger partial charge on any atom is -0.314 e. The molecule has 0 spiro atoms. The quantitative estimate of drug-likeness (QED) is 0.511. The monoisotopic (exact) mass is 426 g/mol. The van der Waals surface area contributed by atoms with Gasteiger partial charge in [0.15, 0.2) is 0 Å². The highest BCUT2D eigenvalue weighted by Gasteiger charge is 2.16. The Kier molecular flexibility index (Phi) is 15.8. The van der Waals surface area contributed by atoms with Crippen LogP contribution in [0.4, 0.5) is 0 Å². The van der Waals surface area contributed by atoms with Gasteiger partial charge in [-0.1, -0.05) is 65.2 Å². The molecule has 0 saturated carbocycles. The van der Waals surface area contributed by atoms with E-state index in [0.717, 1.165) is 50.5 Å². The van der Waals surface area contributed by atoms with E-state index >= 15 is 0 Å². The summed E-state index contributed by atoms with van der Waals surface area (Å²) in [6.45, 7) is 25.6. The van der Waals surface area contributed by atoms with Crippen LogP contribution in [-0.4, -0.2) is 40.6 Å². The average Bonchev–Trinajstić information content (AvgIpc) is 2.80. The molecule has 0 unspecified atom stereocenters. The molecule has 1 aromatic rings. The smallest absolute Gasteiger partial charge is 0.265 e. The molecule has 0 bridgehead atoms. The van der Waals surface area contributed by atoms with Gasteiger partial charge in [-0.25, -0.2) is 4.98 Å². The minimum absolute atomic E-state index is 0.0736. The van der Waals surface area contributed by atoms with Crippen molar-refractivity contribution in [2.24, 2.45) is 0 Å². The van der Waals surface area contributed by atoms with E-state index in [1.54, 1.807) is 28.9 Å². The second-order valence-electron chi connectivity index (χ2n) is 6.51. The molecule has 2 heterocycles. The van der Waals surface area contributed by atoms with Crippen LogP contribution in [0.15, 0.2) is 48.8 Å². The zero-order valence-corrected chi connectivity index (χ0v) is 20.3. The number of nitrogens with zero attached hydrogens (tertiary/aromatic N) is 3. The van der Waals surface area contributed by atoms with E-state index in [0.29, 0.717) is 17.1 Å². The van der Waals surface area contributed by atoms with Gasteiger partial charge in [0.1, 0.15) is 5.82 Å². The first-order valence-electron chi connectivity index (χ1n) is 11.4. The zero-order valence-electron chi connectivity index (χ0n) is 20.3. The normalized spacial score (nSPS) is 15.3. The van der Waals surface area contributed by atoms with Crippen molar-refractivity contribution in [2.75, 3.05) is 26.2 Å². The number of allylic oxidation sites excluding steroid dienone is 5. The summed E-state index contributed by atoms with van der Waals surface area (Å²) >= 11 is 0. The Bertz CT molecular complexity index is 887. The molecule has 0 amide bonds. The summed E-state index contributed by atoms with van der Waals surface area (Å²) in [6.07, 6.45) is 12.4. The summed E-state index contributed by atoms with van der Waals surface area (Å²) in [5.41, 5.74) is 0.818. The van der Waals surface area contributed by atoms with Gasteiger partial charge in [0.25, 0.3) is 5.56 Å². The largest absolute Gasteiger partial charge is 0.314 e. The lowest BCUT2D eigenvalue weighted by molar-refractivity contribution is 0.226. The molecule has 0 aromatic carbocycles. The van der Waals surface area contributed by atoms with Crippen molar-refractivity contribution in [3.05, 3.63) is 70.8 Å². The second kappa shape index (κ2) is 17.2. The molecule has 0 aliphatic carbocycles. The van der Waals surface area contributed by atoms with Crippen molar-refractivity contribution in [2.45, 2.75) is 54.0 Å². The van der Waals surface area contributed by atoms with E-state index in [2.05, 4.69) is 36.0 Å². The van der Waals surface area contributed by atoms with Crippen LogP contribution in [0.1, 0.15) is 53.3 Å². The molecule has 0 radical (unpaired) electrons. The predicted molar refractivity (Wildman–Crippen MR) is 137 cm³/mol. The molecule has 1 saturated heterocycles. The Morgan fingerprint density at radius 1 is 1.03 bits per heavy atom. The van der Waals surface area contributed by atoms with E-state index < -0.39 is 0 Å². The average molecular weight is 427 g/mol. The molecule has 1 aliphatic rings.